The van der Waals surface area contributed by atoms with Crippen LogP contribution in [0.15, 0.2) is 24.3 Å². The number of unbranched alkanes of at least 4 members (excludes halogenated alkanes) is 5. The van der Waals surface area contributed by atoms with Crippen molar-refractivity contribution in [2.75, 3.05) is 19.9 Å². The Morgan fingerprint density at radius 2 is 1.25 bits per heavy atom. The molecule has 0 heterocycles. The molecule has 0 aliphatic rings. The molecule has 0 atom stereocenters. The third-order valence-corrected chi connectivity index (χ3v) is 5.31. The maximum atomic E-state index is 12.1. The predicted octanol–water partition coefficient (Wildman–Crippen LogP) is 4.47. The van der Waals surface area contributed by atoms with Crippen molar-refractivity contribution >= 4 is 17.8 Å². The highest BCUT2D eigenvalue weighted by Crippen LogP contribution is 2.19. The highest BCUT2D eigenvalue weighted by molar-refractivity contribution is 5.74. The van der Waals surface area contributed by atoms with E-state index in [0.717, 1.165) is 44.1 Å². The Morgan fingerprint density at radius 1 is 0.781 bits per heavy atom. The van der Waals surface area contributed by atoms with E-state index < -0.39 is 17.5 Å². The van der Waals surface area contributed by atoms with Crippen LogP contribution in [0.4, 0.5) is 4.39 Å². The largest absolute Gasteiger partial charge is 0.463 e. The molecular formula is C25H38FNO5. The molecule has 0 aliphatic heterocycles. The van der Waals surface area contributed by atoms with Gasteiger partial charge in [-0.15, -0.1) is 0 Å². The van der Waals surface area contributed by atoms with Gasteiger partial charge >= 0.3 is 11.9 Å². The number of hydrogen-bond acceptors (Lipinski definition) is 5. The van der Waals surface area contributed by atoms with Crippen LogP contribution in [0.5, 0.6) is 0 Å². The van der Waals surface area contributed by atoms with Crippen molar-refractivity contribution < 1.29 is 28.2 Å². The van der Waals surface area contributed by atoms with Gasteiger partial charge in [0.1, 0.15) is 18.8 Å². The van der Waals surface area contributed by atoms with Crippen molar-refractivity contribution in [1.29, 1.82) is 0 Å². The van der Waals surface area contributed by atoms with Gasteiger partial charge in [0, 0.05) is 20.8 Å². The summed E-state index contributed by atoms with van der Waals surface area (Å²) in [4.78, 5) is 34.5. The number of amides is 1. The number of halogens is 1. The fourth-order valence-corrected chi connectivity index (χ4v) is 3.56. The highest BCUT2D eigenvalue weighted by atomic mass is 19.1. The quantitative estimate of drug-likeness (QED) is 0.296. The van der Waals surface area contributed by atoms with E-state index in [2.05, 4.69) is 29.6 Å². The molecule has 6 nitrogen and oxygen atoms in total. The Kier molecular flexibility index (Phi) is 13.3. The van der Waals surface area contributed by atoms with E-state index in [4.69, 9.17) is 9.47 Å². The Bertz CT molecular complexity index is 687. The fourth-order valence-electron chi connectivity index (χ4n) is 3.56. The number of nitrogens with one attached hydrogen (secondary N) is 1. The molecule has 1 N–H and O–H groups in total. The molecule has 1 rings (SSSR count). The summed E-state index contributed by atoms with van der Waals surface area (Å²) in [5, 5.41) is 2.82. The number of alkyl halides is 1. The van der Waals surface area contributed by atoms with Crippen LogP contribution < -0.4 is 5.32 Å². The Hall–Kier alpha value is -2.44. The van der Waals surface area contributed by atoms with Crippen LogP contribution in [0.3, 0.4) is 0 Å². The summed E-state index contributed by atoms with van der Waals surface area (Å²) in [5.74, 6) is -1.21. The number of rotatable bonds is 16. The van der Waals surface area contributed by atoms with E-state index in [0.29, 0.717) is 19.3 Å². The third-order valence-electron chi connectivity index (χ3n) is 5.31. The van der Waals surface area contributed by atoms with Crippen molar-refractivity contribution in [3.8, 4) is 0 Å². The molecule has 0 saturated carbocycles. The second-order valence-electron chi connectivity index (χ2n) is 8.40. The highest BCUT2D eigenvalue weighted by Gasteiger charge is 2.34. The van der Waals surface area contributed by atoms with Crippen LogP contribution in [-0.2, 0) is 36.7 Å². The van der Waals surface area contributed by atoms with E-state index in [-0.39, 0.29) is 25.8 Å². The molecule has 180 valence electrons. The lowest BCUT2D eigenvalue weighted by Gasteiger charge is -2.33. The summed E-state index contributed by atoms with van der Waals surface area (Å²) in [7, 11) is 0. The summed E-state index contributed by atoms with van der Waals surface area (Å²) in [5.41, 5.74) is 1.37. The van der Waals surface area contributed by atoms with Gasteiger partial charge in [0.2, 0.25) is 5.91 Å². The molecule has 0 saturated heterocycles. The zero-order chi connectivity index (χ0) is 23.8. The second-order valence-corrected chi connectivity index (χ2v) is 8.40. The van der Waals surface area contributed by atoms with Crippen molar-refractivity contribution in [3.63, 3.8) is 0 Å². The number of ether oxygens (including phenoxy) is 2. The molecule has 1 aromatic carbocycles. The van der Waals surface area contributed by atoms with Crippen LogP contribution in [0, 0.1) is 0 Å². The van der Waals surface area contributed by atoms with Crippen LogP contribution in [0.2, 0.25) is 0 Å². The average molecular weight is 452 g/mol. The molecule has 0 unspecified atom stereocenters. The lowest BCUT2D eigenvalue weighted by molar-refractivity contribution is -0.150. The molecule has 0 aromatic heterocycles. The molecular weight excluding hydrogens is 413 g/mol. The van der Waals surface area contributed by atoms with Crippen molar-refractivity contribution in [3.05, 3.63) is 35.4 Å². The van der Waals surface area contributed by atoms with Gasteiger partial charge in [-0.3, -0.25) is 18.8 Å². The Labute approximate surface area is 191 Å². The minimum Gasteiger partial charge on any atom is -0.463 e. The Morgan fingerprint density at radius 3 is 1.72 bits per heavy atom. The molecule has 1 amide bonds. The third kappa shape index (κ3) is 12.4. The first-order chi connectivity index (χ1) is 15.3. The molecule has 7 heteroatoms. The molecule has 0 bridgehead atoms. The van der Waals surface area contributed by atoms with Crippen LogP contribution in [0.25, 0.3) is 0 Å². The first-order valence-electron chi connectivity index (χ1n) is 11.5. The van der Waals surface area contributed by atoms with Gasteiger partial charge in [0.05, 0.1) is 6.67 Å². The van der Waals surface area contributed by atoms with Crippen LogP contribution in [0.1, 0.15) is 76.8 Å². The van der Waals surface area contributed by atoms with E-state index in [1.54, 1.807) is 0 Å². The first kappa shape index (κ1) is 27.6. The number of hydrogen-bond donors (Lipinski definition) is 1. The zero-order valence-electron chi connectivity index (χ0n) is 19.7. The fraction of sp³-hybridized carbons (Fsp3) is 0.640. The van der Waals surface area contributed by atoms with Crippen LogP contribution >= 0.6 is 0 Å². The van der Waals surface area contributed by atoms with Gasteiger partial charge in [-0.2, -0.15) is 0 Å². The smallest absolute Gasteiger partial charge is 0.302 e. The standard InChI is InChI=1S/C25H38FNO5/c1-20(28)27-25(18-31-21(2)29,19-32-22(3)30)16-15-24-13-11-23(12-14-24)10-8-6-4-5-7-9-17-26/h11-14H,4-10,15-19H2,1-3H3,(H,27,28). The van der Waals surface area contributed by atoms with Gasteiger partial charge in [-0.05, 0) is 43.2 Å². The van der Waals surface area contributed by atoms with E-state index >= 15 is 0 Å². The van der Waals surface area contributed by atoms with E-state index in [1.165, 1.54) is 26.3 Å². The van der Waals surface area contributed by atoms with E-state index in [9.17, 15) is 18.8 Å². The second kappa shape index (κ2) is 15.4. The van der Waals surface area contributed by atoms with Gasteiger partial charge in [-0.25, -0.2) is 0 Å². The summed E-state index contributed by atoms with van der Waals surface area (Å²) >= 11 is 0. The summed E-state index contributed by atoms with van der Waals surface area (Å²) in [6, 6.07) is 8.34. The number of carbonyl (C=O) groups excluding carboxylic acids is 3. The van der Waals surface area contributed by atoms with Gasteiger partial charge < -0.3 is 14.8 Å². The molecule has 32 heavy (non-hydrogen) atoms. The molecule has 0 spiro atoms. The number of esters is 2. The molecule has 0 fully saturated rings. The summed E-state index contributed by atoms with van der Waals surface area (Å²) in [6.45, 7) is 3.62. The number of aryl methyl sites for hydroxylation is 2. The maximum Gasteiger partial charge on any atom is 0.302 e. The zero-order valence-corrected chi connectivity index (χ0v) is 19.7. The molecule has 0 aliphatic carbocycles. The van der Waals surface area contributed by atoms with Gasteiger partial charge in [0.15, 0.2) is 0 Å². The van der Waals surface area contributed by atoms with Crippen molar-refractivity contribution in [2.45, 2.75) is 84.1 Å². The van der Waals surface area contributed by atoms with Crippen molar-refractivity contribution in [2.24, 2.45) is 0 Å². The average Bonchev–Trinajstić information content (AvgIpc) is 2.74. The van der Waals surface area contributed by atoms with Gasteiger partial charge in [-0.1, -0.05) is 49.9 Å². The number of benzene rings is 1. The van der Waals surface area contributed by atoms with Gasteiger partial charge in [0.25, 0.3) is 0 Å². The predicted molar refractivity (Wildman–Crippen MR) is 122 cm³/mol. The lowest BCUT2D eigenvalue weighted by Crippen LogP contribution is -2.55. The van der Waals surface area contributed by atoms with Crippen molar-refractivity contribution in [1.82, 2.24) is 5.32 Å². The van der Waals surface area contributed by atoms with Crippen LogP contribution in [-0.4, -0.2) is 43.3 Å². The minimum atomic E-state index is -0.982. The Balaban J connectivity index is 2.64. The SMILES string of the molecule is CC(=O)NC(CCc1ccc(CCCCCCCCF)cc1)(COC(C)=O)COC(C)=O. The lowest BCUT2D eigenvalue weighted by atomic mass is 9.91. The number of carbonyl (C=O) groups is 3. The monoisotopic (exact) mass is 451 g/mol. The first-order valence-corrected chi connectivity index (χ1v) is 11.5. The maximum absolute atomic E-state index is 12.1. The summed E-state index contributed by atoms with van der Waals surface area (Å²) < 4.78 is 22.4. The molecule has 0 radical (unpaired) electrons. The normalized spacial score (nSPS) is 11.1. The summed E-state index contributed by atoms with van der Waals surface area (Å²) in [6.07, 6.45) is 8.24. The minimum absolute atomic E-state index is 0.0708. The van der Waals surface area contributed by atoms with E-state index in [1.807, 2.05) is 0 Å². The topological polar surface area (TPSA) is 81.7 Å². The molecule has 1 aromatic rings.